The van der Waals surface area contributed by atoms with E-state index in [1.165, 1.54) is 6.07 Å². The molecule has 1 heterocycles. The molecule has 13 heteroatoms. The Morgan fingerprint density at radius 1 is 1.09 bits per heavy atom. The number of fused-ring (bicyclic) bond motifs is 1. The largest absolute Gasteiger partial charge is 0.382 e. The van der Waals surface area contributed by atoms with Gasteiger partial charge in [-0.05, 0) is 59.9 Å². The van der Waals surface area contributed by atoms with E-state index in [4.69, 9.17) is 20.6 Å². The number of likely N-dealkylation sites (N-methyl/N-ethyl adjacent to an activating group) is 1. The predicted molar refractivity (Wildman–Crippen MR) is 169 cm³/mol. The average molecular weight is 625 g/mol. The zero-order valence-corrected chi connectivity index (χ0v) is 25.8. The number of ether oxygens (including phenoxy) is 2. The molecule has 0 saturated carbocycles. The van der Waals surface area contributed by atoms with Crippen LogP contribution in [0.3, 0.4) is 0 Å². The van der Waals surface area contributed by atoms with Gasteiger partial charge in [-0.3, -0.25) is 15.0 Å². The zero-order chi connectivity index (χ0) is 31.7. The van der Waals surface area contributed by atoms with Gasteiger partial charge in [-0.1, -0.05) is 42.5 Å². The highest BCUT2D eigenvalue weighted by Crippen LogP contribution is 2.21. The molecule has 0 aliphatic carbocycles. The Kier molecular flexibility index (Phi) is 11.3. The standard InChI is InChI=1S/C31H40N6O6S/c1-36(26-8-5-15-37(20-26)31(32)33)30(39)28(35-44(40,41)27-14-11-23-6-3-4-7-24(23)19-27)18-22-9-12-25(13-10-22)34-29(38)21-43-17-16-42-2/h3-4,6-7,9-14,19,26,28,35H,5,8,15-18,20-21H2,1-2H3,(H3,32,33)(H,34,38). The molecule has 236 valence electrons. The molecule has 0 spiro atoms. The summed E-state index contributed by atoms with van der Waals surface area (Å²) in [6, 6.07) is 17.8. The van der Waals surface area contributed by atoms with E-state index in [0.717, 1.165) is 17.2 Å². The van der Waals surface area contributed by atoms with Crippen LogP contribution in [-0.2, 0) is 35.5 Å². The van der Waals surface area contributed by atoms with Crippen LogP contribution >= 0.6 is 0 Å². The van der Waals surface area contributed by atoms with Gasteiger partial charge in [0.05, 0.1) is 18.1 Å². The van der Waals surface area contributed by atoms with Crippen molar-refractivity contribution >= 4 is 44.3 Å². The van der Waals surface area contributed by atoms with Crippen LogP contribution in [0, 0.1) is 5.41 Å². The van der Waals surface area contributed by atoms with Gasteiger partial charge >= 0.3 is 0 Å². The number of methoxy groups -OCH3 is 1. The molecule has 1 saturated heterocycles. The van der Waals surface area contributed by atoms with Gasteiger partial charge in [0.25, 0.3) is 0 Å². The van der Waals surface area contributed by atoms with Gasteiger partial charge in [0, 0.05) is 39.0 Å². The molecule has 0 aromatic heterocycles. The van der Waals surface area contributed by atoms with Crippen molar-refractivity contribution < 1.29 is 27.5 Å². The molecule has 4 rings (SSSR count). The number of hydrogen-bond acceptors (Lipinski definition) is 7. The number of anilines is 1. The lowest BCUT2D eigenvalue weighted by Gasteiger charge is -2.39. The number of nitrogens with two attached hydrogens (primary N) is 1. The summed E-state index contributed by atoms with van der Waals surface area (Å²) in [6.45, 7) is 1.60. The van der Waals surface area contributed by atoms with E-state index < -0.39 is 22.0 Å². The molecule has 1 aliphatic heterocycles. The lowest BCUT2D eigenvalue weighted by atomic mass is 10.0. The van der Waals surface area contributed by atoms with Crippen LogP contribution < -0.4 is 15.8 Å². The minimum Gasteiger partial charge on any atom is -0.382 e. The van der Waals surface area contributed by atoms with Crippen molar-refractivity contribution in [2.75, 3.05) is 52.4 Å². The molecule has 2 unspecified atom stereocenters. The highest BCUT2D eigenvalue weighted by Gasteiger charge is 2.33. The van der Waals surface area contributed by atoms with Gasteiger partial charge in [-0.2, -0.15) is 4.72 Å². The summed E-state index contributed by atoms with van der Waals surface area (Å²) in [4.78, 5) is 29.4. The van der Waals surface area contributed by atoms with Crippen LogP contribution in [0.5, 0.6) is 0 Å². The molecule has 2 amide bonds. The number of likely N-dealkylation sites (tertiary alicyclic amines) is 1. The molecule has 3 aromatic carbocycles. The van der Waals surface area contributed by atoms with Crippen molar-refractivity contribution in [3.05, 3.63) is 72.3 Å². The Bertz CT molecular complexity index is 1570. The van der Waals surface area contributed by atoms with Crippen molar-refractivity contribution in [3.8, 4) is 0 Å². The van der Waals surface area contributed by atoms with Gasteiger partial charge in [-0.15, -0.1) is 0 Å². The number of piperidine rings is 1. The first-order valence-corrected chi connectivity index (χ1v) is 15.9. The quantitative estimate of drug-likeness (QED) is 0.128. The minimum atomic E-state index is -4.08. The Hall–Kier alpha value is -4.04. The SMILES string of the molecule is COCCOCC(=O)Nc1ccc(CC(NS(=O)(=O)c2ccc3ccccc3c2)C(=O)N(C)C2CCCN(C(=N)N)C2)cc1. The van der Waals surface area contributed by atoms with Crippen LogP contribution in [0.15, 0.2) is 71.6 Å². The van der Waals surface area contributed by atoms with E-state index in [2.05, 4.69) is 10.0 Å². The summed E-state index contributed by atoms with van der Waals surface area (Å²) in [7, 11) is -0.880. The molecule has 12 nitrogen and oxygen atoms in total. The Labute approximate surface area is 258 Å². The summed E-state index contributed by atoms with van der Waals surface area (Å²) in [5.74, 6) is -0.771. The maximum atomic E-state index is 13.9. The smallest absolute Gasteiger partial charge is 0.250 e. The van der Waals surface area contributed by atoms with Gasteiger partial charge in [0.2, 0.25) is 21.8 Å². The van der Waals surface area contributed by atoms with Gasteiger partial charge < -0.3 is 30.3 Å². The number of nitrogens with one attached hydrogen (secondary N) is 3. The summed E-state index contributed by atoms with van der Waals surface area (Å²) in [5.41, 5.74) is 6.94. The van der Waals surface area contributed by atoms with Crippen molar-refractivity contribution in [2.24, 2.45) is 5.73 Å². The molecule has 1 aliphatic rings. The zero-order valence-electron chi connectivity index (χ0n) is 25.0. The summed E-state index contributed by atoms with van der Waals surface area (Å²) >= 11 is 0. The maximum absolute atomic E-state index is 13.9. The van der Waals surface area contributed by atoms with Crippen molar-refractivity contribution in [2.45, 2.75) is 36.2 Å². The number of carbonyl (C=O) groups is 2. The number of benzene rings is 3. The predicted octanol–water partition coefficient (Wildman–Crippen LogP) is 2.15. The third-order valence-electron chi connectivity index (χ3n) is 7.60. The summed E-state index contributed by atoms with van der Waals surface area (Å²) in [6.07, 6.45) is 1.53. The monoisotopic (exact) mass is 624 g/mol. The number of amides is 2. The highest BCUT2D eigenvalue weighted by molar-refractivity contribution is 7.89. The van der Waals surface area contributed by atoms with Gasteiger partial charge in [0.15, 0.2) is 5.96 Å². The lowest BCUT2D eigenvalue weighted by molar-refractivity contribution is -0.134. The first-order valence-electron chi connectivity index (χ1n) is 14.4. The molecule has 3 aromatic rings. The first-order chi connectivity index (χ1) is 21.1. The molecule has 0 radical (unpaired) electrons. The Morgan fingerprint density at radius 2 is 1.82 bits per heavy atom. The van der Waals surface area contributed by atoms with E-state index in [1.807, 2.05) is 24.3 Å². The van der Waals surface area contributed by atoms with Crippen molar-refractivity contribution in [3.63, 3.8) is 0 Å². The molecule has 44 heavy (non-hydrogen) atoms. The molecule has 2 atom stereocenters. The van der Waals surface area contributed by atoms with E-state index in [-0.39, 0.29) is 35.8 Å². The average Bonchev–Trinajstić information content (AvgIpc) is 3.02. The van der Waals surface area contributed by atoms with Crippen LogP contribution in [-0.4, -0.2) is 95.1 Å². The minimum absolute atomic E-state index is 0.0576. The van der Waals surface area contributed by atoms with E-state index in [9.17, 15) is 18.0 Å². The number of rotatable bonds is 13. The van der Waals surface area contributed by atoms with E-state index >= 15 is 0 Å². The van der Waals surface area contributed by atoms with Crippen LogP contribution in [0.25, 0.3) is 10.8 Å². The topological polar surface area (TPSA) is 167 Å². The molecule has 0 bridgehead atoms. The summed E-state index contributed by atoms with van der Waals surface area (Å²) < 4.78 is 40.0. The van der Waals surface area contributed by atoms with Crippen LogP contribution in [0.1, 0.15) is 18.4 Å². The maximum Gasteiger partial charge on any atom is 0.250 e. The van der Waals surface area contributed by atoms with Gasteiger partial charge in [0.1, 0.15) is 12.6 Å². The number of nitrogens with zero attached hydrogens (tertiary/aromatic N) is 2. The number of carbonyl (C=O) groups excluding carboxylic acids is 2. The van der Waals surface area contributed by atoms with Gasteiger partial charge in [-0.25, -0.2) is 8.42 Å². The lowest BCUT2D eigenvalue weighted by Crippen LogP contribution is -2.56. The Morgan fingerprint density at radius 3 is 2.52 bits per heavy atom. The normalized spacial score (nSPS) is 16.0. The second-order valence-electron chi connectivity index (χ2n) is 10.8. The molecular weight excluding hydrogens is 584 g/mol. The number of hydrogen-bond donors (Lipinski definition) is 4. The molecule has 5 N–H and O–H groups in total. The van der Waals surface area contributed by atoms with E-state index in [1.54, 1.807) is 60.4 Å². The van der Waals surface area contributed by atoms with Crippen LogP contribution in [0.4, 0.5) is 5.69 Å². The highest BCUT2D eigenvalue weighted by atomic mass is 32.2. The fourth-order valence-electron chi connectivity index (χ4n) is 5.15. The van der Waals surface area contributed by atoms with Crippen molar-refractivity contribution in [1.82, 2.24) is 14.5 Å². The first kappa shape index (κ1) is 32.9. The third kappa shape index (κ3) is 8.76. The third-order valence-corrected chi connectivity index (χ3v) is 9.07. The van der Waals surface area contributed by atoms with E-state index in [0.29, 0.717) is 44.0 Å². The van der Waals surface area contributed by atoms with Crippen molar-refractivity contribution in [1.29, 1.82) is 5.41 Å². The second kappa shape index (κ2) is 15.1. The Balaban J connectivity index is 1.53. The summed E-state index contributed by atoms with van der Waals surface area (Å²) in [5, 5.41) is 12.2. The van der Waals surface area contributed by atoms with Crippen LogP contribution in [0.2, 0.25) is 0 Å². The molecule has 1 fully saturated rings. The second-order valence-corrected chi connectivity index (χ2v) is 12.5. The molecular formula is C31H40N6O6S. The fraction of sp³-hybridized carbons (Fsp3) is 0.387. The number of guanidine groups is 1. The fourth-order valence-corrected chi connectivity index (χ4v) is 6.37. The number of sulfonamides is 1.